The van der Waals surface area contributed by atoms with E-state index in [4.69, 9.17) is 21.3 Å². The maximum absolute atomic E-state index is 12.9. The van der Waals surface area contributed by atoms with Gasteiger partial charge < -0.3 is 20.7 Å². The fourth-order valence-corrected chi connectivity index (χ4v) is 5.73. The fourth-order valence-electron chi connectivity index (χ4n) is 5.40. The number of fused-ring (bicyclic) bond motifs is 1. The summed E-state index contributed by atoms with van der Waals surface area (Å²) in [5, 5.41) is 15.4. The number of benzene rings is 2. The molecule has 6 rings (SSSR count). The SMILES string of the molecule is COc1nc(-c2cccc(-c3cccc(Nc4nccc5cnn(C)c(=O)c45)c3C)c2Cl)cnc1CNC[C@@H]1CCC(=O)N1. The molecule has 224 valence electrons. The van der Waals surface area contributed by atoms with E-state index in [0.717, 1.165) is 28.8 Å². The van der Waals surface area contributed by atoms with E-state index in [1.807, 2.05) is 43.3 Å². The lowest BCUT2D eigenvalue weighted by molar-refractivity contribution is -0.119. The van der Waals surface area contributed by atoms with Crippen LogP contribution in [0.4, 0.5) is 11.5 Å². The molecular formula is C32H31ClN8O3. The number of halogens is 1. The van der Waals surface area contributed by atoms with Crippen LogP contribution in [0.5, 0.6) is 5.88 Å². The van der Waals surface area contributed by atoms with Gasteiger partial charge in [-0.05, 0) is 36.6 Å². The molecule has 1 atom stereocenters. The van der Waals surface area contributed by atoms with Gasteiger partial charge in [0.2, 0.25) is 11.8 Å². The molecule has 12 heteroatoms. The molecule has 0 radical (unpaired) electrons. The second-order valence-corrected chi connectivity index (χ2v) is 11.0. The molecule has 0 spiro atoms. The second kappa shape index (κ2) is 12.4. The number of hydrogen-bond donors (Lipinski definition) is 3. The van der Waals surface area contributed by atoms with Gasteiger partial charge in [-0.2, -0.15) is 5.10 Å². The van der Waals surface area contributed by atoms with Gasteiger partial charge in [0.05, 0.1) is 35.6 Å². The number of aromatic nitrogens is 5. The van der Waals surface area contributed by atoms with E-state index >= 15 is 0 Å². The van der Waals surface area contributed by atoms with Crippen molar-refractivity contribution in [2.75, 3.05) is 19.0 Å². The van der Waals surface area contributed by atoms with Crippen molar-refractivity contribution in [3.8, 4) is 28.3 Å². The molecule has 1 amide bonds. The van der Waals surface area contributed by atoms with Crippen molar-refractivity contribution in [3.63, 3.8) is 0 Å². The van der Waals surface area contributed by atoms with Crippen molar-refractivity contribution in [3.05, 3.63) is 87.7 Å². The van der Waals surface area contributed by atoms with Crippen LogP contribution in [0.3, 0.4) is 0 Å². The van der Waals surface area contributed by atoms with Crippen LogP contribution in [-0.2, 0) is 18.4 Å². The van der Waals surface area contributed by atoms with Crippen molar-refractivity contribution < 1.29 is 9.53 Å². The molecule has 0 saturated carbocycles. The fraction of sp³-hybridized carbons (Fsp3) is 0.250. The first-order chi connectivity index (χ1) is 21.3. The van der Waals surface area contributed by atoms with Crippen LogP contribution in [0.1, 0.15) is 24.1 Å². The first-order valence-electron chi connectivity index (χ1n) is 14.2. The van der Waals surface area contributed by atoms with Gasteiger partial charge >= 0.3 is 0 Å². The molecule has 44 heavy (non-hydrogen) atoms. The van der Waals surface area contributed by atoms with E-state index in [0.29, 0.717) is 64.0 Å². The number of hydrogen-bond acceptors (Lipinski definition) is 9. The Balaban J connectivity index is 1.28. The van der Waals surface area contributed by atoms with Crippen LogP contribution >= 0.6 is 11.6 Å². The number of aryl methyl sites for hydroxylation is 1. The summed E-state index contributed by atoms with van der Waals surface area (Å²) in [5.41, 5.74) is 5.18. The average molecular weight is 611 g/mol. The molecule has 3 aromatic heterocycles. The van der Waals surface area contributed by atoms with Gasteiger partial charge in [-0.15, -0.1) is 0 Å². The number of nitrogens with zero attached hydrogens (tertiary/aromatic N) is 5. The topological polar surface area (TPSA) is 136 Å². The van der Waals surface area contributed by atoms with Crippen molar-refractivity contribution in [1.82, 2.24) is 35.4 Å². The summed E-state index contributed by atoms with van der Waals surface area (Å²) in [7, 11) is 3.17. The molecule has 1 aliphatic heterocycles. The summed E-state index contributed by atoms with van der Waals surface area (Å²) >= 11 is 7.04. The number of carbonyl (C=O) groups excluding carboxylic acids is 1. The summed E-state index contributed by atoms with van der Waals surface area (Å²) in [6.07, 6.45) is 6.37. The smallest absolute Gasteiger partial charge is 0.278 e. The highest BCUT2D eigenvalue weighted by molar-refractivity contribution is 6.36. The highest BCUT2D eigenvalue weighted by atomic mass is 35.5. The Bertz CT molecular complexity index is 1940. The van der Waals surface area contributed by atoms with Gasteiger partial charge in [-0.25, -0.2) is 14.6 Å². The summed E-state index contributed by atoms with van der Waals surface area (Å²) in [4.78, 5) is 38.1. The van der Waals surface area contributed by atoms with Crippen LogP contribution in [-0.4, -0.2) is 50.3 Å². The van der Waals surface area contributed by atoms with Crippen LogP contribution in [0.25, 0.3) is 33.2 Å². The maximum Gasteiger partial charge on any atom is 0.278 e. The molecule has 4 heterocycles. The van der Waals surface area contributed by atoms with Gasteiger partial charge in [0, 0.05) is 61.0 Å². The third kappa shape index (κ3) is 5.71. The predicted octanol–water partition coefficient (Wildman–Crippen LogP) is 4.53. The summed E-state index contributed by atoms with van der Waals surface area (Å²) in [6, 6.07) is 13.5. The minimum Gasteiger partial charge on any atom is -0.480 e. The van der Waals surface area contributed by atoms with Crippen molar-refractivity contribution in [2.24, 2.45) is 7.05 Å². The quantitative estimate of drug-likeness (QED) is 0.220. The molecule has 0 aliphatic carbocycles. The molecule has 5 aromatic rings. The largest absolute Gasteiger partial charge is 0.480 e. The van der Waals surface area contributed by atoms with E-state index in [1.54, 1.807) is 38.8 Å². The molecule has 11 nitrogen and oxygen atoms in total. The average Bonchev–Trinajstić information content (AvgIpc) is 3.45. The molecule has 2 aromatic carbocycles. The number of ether oxygens (including phenoxy) is 1. The van der Waals surface area contributed by atoms with E-state index in [-0.39, 0.29) is 17.5 Å². The first kappa shape index (κ1) is 29.2. The predicted molar refractivity (Wildman–Crippen MR) is 170 cm³/mol. The van der Waals surface area contributed by atoms with E-state index < -0.39 is 0 Å². The maximum atomic E-state index is 12.9. The van der Waals surface area contributed by atoms with Crippen molar-refractivity contribution in [1.29, 1.82) is 0 Å². The van der Waals surface area contributed by atoms with Gasteiger partial charge in [0.1, 0.15) is 11.5 Å². The van der Waals surface area contributed by atoms with E-state index in [2.05, 4.69) is 31.0 Å². The molecule has 1 fully saturated rings. The Kier molecular flexibility index (Phi) is 8.23. The van der Waals surface area contributed by atoms with Crippen molar-refractivity contribution >= 4 is 39.8 Å². The Morgan fingerprint density at radius 1 is 1.07 bits per heavy atom. The number of amides is 1. The van der Waals surface area contributed by atoms with Crippen LogP contribution < -0.4 is 26.2 Å². The summed E-state index contributed by atoms with van der Waals surface area (Å²) in [6.45, 7) is 3.08. The second-order valence-electron chi connectivity index (χ2n) is 10.6. The minimum atomic E-state index is -0.233. The lowest BCUT2D eigenvalue weighted by Crippen LogP contribution is -2.35. The van der Waals surface area contributed by atoms with Gasteiger partial charge in [-0.3, -0.25) is 14.6 Å². The van der Waals surface area contributed by atoms with Gasteiger partial charge in [-0.1, -0.05) is 41.9 Å². The summed E-state index contributed by atoms with van der Waals surface area (Å²) in [5.74, 6) is 0.941. The summed E-state index contributed by atoms with van der Waals surface area (Å²) < 4.78 is 6.86. The zero-order valence-corrected chi connectivity index (χ0v) is 25.3. The molecule has 3 N–H and O–H groups in total. The number of rotatable bonds is 9. The molecule has 0 bridgehead atoms. The van der Waals surface area contributed by atoms with Gasteiger partial charge in [0.15, 0.2) is 0 Å². The van der Waals surface area contributed by atoms with Crippen molar-refractivity contribution in [2.45, 2.75) is 32.4 Å². The number of nitrogens with one attached hydrogen (secondary N) is 3. The monoisotopic (exact) mass is 610 g/mol. The van der Waals surface area contributed by atoms with Crippen LogP contribution in [0.15, 0.2) is 65.8 Å². The Labute approximate surface area is 258 Å². The molecule has 0 unspecified atom stereocenters. The standard InChI is InChI=1S/C32H31ClN8O3/c1-18-21(6-5-9-24(18)39-30-28-19(12-13-35-30)14-37-41(2)32(28)43)22-7-4-8-23(29(22)33)25-17-36-26(31(40-25)44-3)16-34-15-20-10-11-27(42)38-20/h4-9,12-14,17,20,34H,10-11,15-16H2,1-3H3,(H,35,39)(H,38,42)/t20-/m0/s1. The Morgan fingerprint density at radius 2 is 1.86 bits per heavy atom. The Morgan fingerprint density at radius 3 is 2.66 bits per heavy atom. The third-order valence-corrected chi connectivity index (χ3v) is 8.19. The van der Waals surface area contributed by atoms with Gasteiger partial charge in [0.25, 0.3) is 5.56 Å². The third-order valence-electron chi connectivity index (χ3n) is 7.79. The molecule has 1 saturated heterocycles. The number of carbonyl (C=O) groups is 1. The highest BCUT2D eigenvalue weighted by Gasteiger charge is 2.21. The lowest BCUT2D eigenvalue weighted by Gasteiger charge is -2.17. The molecule has 1 aliphatic rings. The van der Waals surface area contributed by atoms with E-state index in [9.17, 15) is 9.59 Å². The highest BCUT2D eigenvalue weighted by Crippen LogP contribution is 2.39. The molecular weight excluding hydrogens is 580 g/mol. The number of methoxy groups -OCH3 is 1. The van der Waals surface area contributed by atoms with E-state index in [1.165, 1.54) is 4.68 Å². The minimum absolute atomic E-state index is 0.0857. The number of anilines is 2. The zero-order chi connectivity index (χ0) is 30.8. The first-order valence-corrected chi connectivity index (χ1v) is 14.6. The number of pyridine rings is 1. The lowest BCUT2D eigenvalue weighted by atomic mass is 9.96. The Hall–Kier alpha value is -4.87. The zero-order valence-electron chi connectivity index (χ0n) is 24.5. The van der Waals surface area contributed by atoms with Crippen LogP contribution in [0, 0.1) is 6.92 Å². The normalized spacial score (nSPS) is 14.5. The van der Waals surface area contributed by atoms with Crippen LogP contribution in [0.2, 0.25) is 5.02 Å².